The van der Waals surface area contributed by atoms with E-state index in [0.29, 0.717) is 18.1 Å². The van der Waals surface area contributed by atoms with E-state index in [1.807, 2.05) is 37.3 Å². The lowest BCUT2D eigenvalue weighted by molar-refractivity contribution is -0.129. The fraction of sp³-hybridized carbons (Fsp3) is 0.294. The maximum atomic E-state index is 12.4. The predicted molar refractivity (Wildman–Crippen MR) is 86.6 cm³/mol. The number of aryl methyl sites for hydroxylation is 1. The molecule has 2 aromatic rings. The SMILES string of the molecule is Cc1ncccc1CN1CCNC(=O)[C@@H]1c1ccccc1Cl. The van der Waals surface area contributed by atoms with Crippen LogP contribution in [0.25, 0.3) is 0 Å². The summed E-state index contributed by atoms with van der Waals surface area (Å²) in [6, 6.07) is 11.2. The highest BCUT2D eigenvalue weighted by Crippen LogP contribution is 2.30. The molecule has 1 fully saturated rings. The van der Waals surface area contributed by atoms with Crippen LogP contribution in [0.5, 0.6) is 0 Å². The molecule has 1 amide bonds. The number of rotatable bonds is 3. The van der Waals surface area contributed by atoms with Gasteiger partial charge in [0.05, 0.1) is 0 Å². The maximum absolute atomic E-state index is 12.4. The molecule has 1 N–H and O–H groups in total. The zero-order valence-electron chi connectivity index (χ0n) is 12.4. The van der Waals surface area contributed by atoms with Crippen molar-refractivity contribution in [2.75, 3.05) is 13.1 Å². The first-order valence-corrected chi connectivity index (χ1v) is 7.71. The number of carbonyl (C=O) groups is 1. The molecule has 0 aliphatic carbocycles. The smallest absolute Gasteiger partial charge is 0.242 e. The molecule has 0 unspecified atom stereocenters. The van der Waals surface area contributed by atoms with Crippen molar-refractivity contribution in [3.8, 4) is 0 Å². The number of aromatic nitrogens is 1. The van der Waals surface area contributed by atoms with Crippen molar-refractivity contribution in [2.45, 2.75) is 19.5 Å². The Hall–Kier alpha value is -1.91. The Morgan fingerprint density at radius 2 is 2.14 bits per heavy atom. The predicted octanol–water partition coefficient (Wildman–Crippen LogP) is 2.72. The summed E-state index contributed by atoms with van der Waals surface area (Å²) in [5, 5.41) is 3.56. The monoisotopic (exact) mass is 315 g/mol. The van der Waals surface area contributed by atoms with E-state index in [1.54, 1.807) is 6.20 Å². The van der Waals surface area contributed by atoms with Gasteiger partial charge in [0, 0.05) is 36.5 Å². The number of hydrogen-bond acceptors (Lipinski definition) is 3. The quantitative estimate of drug-likeness (QED) is 0.947. The lowest BCUT2D eigenvalue weighted by Crippen LogP contribution is -2.49. The average molecular weight is 316 g/mol. The van der Waals surface area contributed by atoms with Crippen LogP contribution in [0.2, 0.25) is 5.02 Å². The topological polar surface area (TPSA) is 45.2 Å². The Morgan fingerprint density at radius 3 is 2.91 bits per heavy atom. The molecule has 4 nitrogen and oxygen atoms in total. The Morgan fingerprint density at radius 1 is 1.32 bits per heavy atom. The highest BCUT2D eigenvalue weighted by Gasteiger charge is 2.32. The second-order valence-electron chi connectivity index (χ2n) is 5.43. The summed E-state index contributed by atoms with van der Waals surface area (Å²) in [4.78, 5) is 18.9. The number of carbonyl (C=O) groups excluding carboxylic acids is 1. The zero-order valence-corrected chi connectivity index (χ0v) is 13.2. The number of benzene rings is 1. The maximum Gasteiger partial charge on any atom is 0.242 e. The summed E-state index contributed by atoms with van der Waals surface area (Å²) in [5.41, 5.74) is 2.98. The summed E-state index contributed by atoms with van der Waals surface area (Å²) in [7, 11) is 0. The molecule has 2 heterocycles. The van der Waals surface area contributed by atoms with Crippen LogP contribution in [0, 0.1) is 6.92 Å². The molecule has 1 aliphatic heterocycles. The van der Waals surface area contributed by atoms with Gasteiger partial charge in [-0.3, -0.25) is 14.7 Å². The second-order valence-corrected chi connectivity index (χ2v) is 5.84. The van der Waals surface area contributed by atoms with E-state index in [1.165, 1.54) is 0 Å². The molecule has 5 heteroatoms. The third kappa shape index (κ3) is 2.98. The van der Waals surface area contributed by atoms with Gasteiger partial charge >= 0.3 is 0 Å². The number of halogens is 1. The summed E-state index contributed by atoms with van der Waals surface area (Å²) >= 11 is 6.30. The first kappa shape index (κ1) is 15.0. The normalized spacial score (nSPS) is 19.0. The standard InChI is InChI=1S/C17H18ClN3O/c1-12-13(5-4-8-19-12)11-21-10-9-20-17(22)16(21)14-6-2-3-7-15(14)18/h2-8,16H,9-11H2,1H3,(H,20,22)/t16-/m0/s1. The third-order valence-corrected chi connectivity index (χ3v) is 4.35. The third-order valence-electron chi connectivity index (χ3n) is 4.00. The minimum Gasteiger partial charge on any atom is -0.353 e. The van der Waals surface area contributed by atoms with Gasteiger partial charge in [0.15, 0.2) is 0 Å². The number of hydrogen-bond donors (Lipinski definition) is 1. The average Bonchev–Trinajstić information content (AvgIpc) is 2.51. The molecule has 0 spiro atoms. The van der Waals surface area contributed by atoms with Crippen LogP contribution >= 0.6 is 11.6 Å². The number of nitrogens with one attached hydrogen (secondary N) is 1. The van der Waals surface area contributed by atoms with Gasteiger partial charge in [-0.2, -0.15) is 0 Å². The van der Waals surface area contributed by atoms with Crippen LogP contribution in [-0.2, 0) is 11.3 Å². The minimum atomic E-state index is -0.359. The van der Waals surface area contributed by atoms with Crippen LogP contribution in [-0.4, -0.2) is 28.9 Å². The van der Waals surface area contributed by atoms with Gasteiger partial charge in [-0.1, -0.05) is 35.9 Å². The van der Waals surface area contributed by atoms with Gasteiger partial charge in [-0.05, 0) is 30.2 Å². The molecule has 1 aromatic carbocycles. The van der Waals surface area contributed by atoms with Gasteiger partial charge in [-0.25, -0.2) is 0 Å². The minimum absolute atomic E-state index is 0.000827. The Kier molecular flexibility index (Phi) is 4.41. The zero-order chi connectivity index (χ0) is 15.5. The molecule has 0 radical (unpaired) electrons. The molecule has 1 aromatic heterocycles. The molecule has 22 heavy (non-hydrogen) atoms. The van der Waals surface area contributed by atoms with Crippen molar-refractivity contribution in [1.29, 1.82) is 0 Å². The van der Waals surface area contributed by atoms with E-state index in [9.17, 15) is 4.79 Å². The first-order chi connectivity index (χ1) is 10.7. The van der Waals surface area contributed by atoms with Crippen molar-refractivity contribution in [3.05, 3.63) is 64.4 Å². The van der Waals surface area contributed by atoms with E-state index in [2.05, 4.69) is 21.3 Å². The van der Waals surface area contributed by atoms with Crippen LogP contribution < -0.4 is 5.32 Å². The molecular formula is C17H18ClN3O. The molecular weight excluding hydrogens is 298 g/mol. The van der Waals surface area contributed by atoms with Gasteiger partial charge < -0.3 is 5.32 Å². The fourth-order valence-electron chi connectivity index (χ4n) is 2.82. The van der Waals surface area contributed by atoms with Crippen LogP contribution in [0.3, 0.4) is 0 Å². The number of amides is 1. The summed E-state index contributed by atoms with van der Waals surface area (Å²) < 4.78 is 0. The molecule has 0 bridgehead atoms. The van der Waals surface area contributed by atoms with Gasteiger partial charge in [0.2, 0.25) is 5.91 Å². The molecule has 1 atom stereocenters. The Balaban J connectivity index is 1.93. The van der Waals surface area contributed by atoms with E-state index in [-0.39, 0.29) is 11.9 Å². The molecule has 1 saturated heterocycles. The fourth-order valence-corrected chi connectivity index (χ4v) is 3.06. The van der Waals surface area contributed by atoms with E-state index < -0.39 is 0 Å². The van der Waals surface area contributed by atoms with Crippen molar-refractivity contribution < 1.29 is 4.79 Å². The van der Waals surface area contributed by atoms with Crippen molar-refractivity contribution in [2.24, 2.45) is 0 Å². The van der Waals surface area contributed by atoms with E-state index in [4.69, 9.17) is 11.6 Å². The Bertz CT molecular complexity index is 689. The molecule has 0 saturated carbocycles. The molecule has 114 valence electrons. The second kappa shape index (κ2) is 6.46. The van der Waals surface area contributed by atoms with Gasteiger partial charge in [0.25, 0.3) is 0 Å². The highest BCUT2D eigenvalue weighted by atomic mass is 35.5. The number of pyridine rings is 1. The summed E-state index contributed by atoms with van der Waals surface area (Å²) in [5.74, 6) is 0.000827. The van der Waals surface area contributed by atoms with Crippen LogP contribution in [0.4, 0.5) is 0 Å². The largest absolute Gasteiger partial charge is 0.353 e. The van der Waals surface area contributed by atoms with Crippen LogP contribution in [0.15, 0.2) is 42.6 Å². The molecule has 1 aliphatic rings. The van der Waals surface area contributed by atoms with E-state index >= 15 is 0 Å². The lowest BCUT2D eigenvalue weighted by Gasteiger charge is -2.35. The van der Waals surface area contributed by atoms with Gasteiger partial charge in [0.1, 0.15) is 6.04 Å². The number of nitrogens with zero attached hydrogens (tertiary/aromatic N) is 2. The molecule has 3 rings (SSSR count). The number of piperazine rings is 1. The van der Waals surface area contributed by atoms with Crippen molar-refractivity contribution >= 4 is 17.5 Å². The summed E-state index contributed by atoms with van der Waals surface area (Å²) in [6.07, 6.45) is 1.79. The first-order valence-electron chi connectivity index (χ1n) is 7.33. The van der Waals surface area contributed by atoms with E-state index in [0.717, 1.165) is 23.4 Å². The summed E-state index contributed by atoms with van der Waals surface area (Å²) in [6.45, 7) is 4.11. The van der Waals surface area contributed by atoms with Gasteiger partial charge in [-0.15, -0.1) is 0 Å². The lowest BCUT2D eigenvalue weighted by atomic mass is 10.0. The van der Waals surface area contributed by atoms with Crippen molar-refractivity contribution in [3.63, 3.8) is 0 Å². The Labute approximate surface area is 135 Å². The van der Waals surface area contributed by atoms with Crippen molar-refractivity contribution in [1.82, 2.24) is 15.2 Å². The highest BCUT2D eigenvalue weighted by molar-refractivity contribution is 6.31. The van der Waals surface area contributed by atoms with Crippen LogP contribution in [0.1, 0.15) is 22.9 Å².